The van der Waals surface area contributed by atoms with E-state index in [4.69, 9.17) is 0 Å². The number of carboxylic acids is 1. The van der Waals surface area contributed by atoms with Crippen LogP contribution in [-0.2, 0) is 11.2 Å². The number of amides is 1. The summed E-state index contributed by atoms with van der Waals surface area (Å²) in [7, 11) is 0. The summed E-state index contributed by atoms with van der Waals surface area (Å²) < 4.78 is 0. The third-order valence-corrected chi connectivity index (χ3v) is 4.36. The van der Waals surface area contributed by atoms with Gasteiger partial charge in [0.15, 0.2) is 0 Å². The fourth-order valence-electron chi connectivity index (χ4n) is 3.07. The molecule has 1 heterocycles. The number of aryl methyl sites for hydroxylation is 2. The summed E-state index contributed by atoms with van der Waals surface area (Å²) in [4.78, 5) is 24.2. The van der Waals surface area contributed by atoms with Crippen LogP contribution in [-0.4, -0.2) is 33.7 Å². The van der Waals surface area contributed by atoms with Crippen molar-refractivity contribution in [2.24, 2.45) is 5.92 Å². The smallest absolute Gasteiger partial charge is 0.308 e. The summed E-state index contributed by atoms with van der Waals surface area (Å²) in [6.07, 6.45) is 2.03. The number of aliphatic carboxylic acids is 1. The first kappa shape index (κ1) is 17.7. The zero-order valence-corrected chi connectivity index (χ0v) is 14.7. The molecule has 0 aliphatic rings. The van der Waals surface area contributed by atoms with Crippen LogP contribution >= 0.6 is 0 Å². The maximum absolute atomic E-state index is 12.6. The molecule has 26 heavy (non-hydrogen) atoms. The van der Waals surface area contributed by atoms with Crippen LogP contribution in [0.2, 0.25) is 0 Å². The van der Waals surface area contributed by atoms with E-state index in [1.807, 2.05) is 44.2 Å². The number of rotatable bonds is 6. The van der Waals surface area contributed by atoms with Gasteiger partial charge in [-0.05, 0) is 43.5 Å². The van der Waals surface area contributed by atoms with Crippen LogP contribution < -0.4 is 5.32 Å². The highest BCUT2D eigenvalue weighted by molar-refractivity contribution is 6.05. The van der Waals surface area contributed by atoms with Gasteiger partial charge in [-0.1, -0.05) is 29.8 Å². The zero-order chi connectivity index (χ0) is 18.7. The lowest BCUT2D eigenvalue weighted by Gasteiger charge is -2.14. The highest BCUT2D eigenvalue weighted by atomic mass is 16.4. The first-order chi connectivity index (χ1) is 12.4. The number of aromatic amines is 1. The molecule has 1 atom stereocenters. The number of hydrogen-bond donors (Lipinski definition) is 3. The molecule has 6 heteroatoms. The van der Waals surface area contributed by atoms with Gasteiger partial charge in [-0.15, -0.1) is 0 Å². The number of hydrogen-bond acceptors (Lipinski definition) is 3. The van der Waals surface area contributed by atoms with Crippen molar-refractivity contribution >= 4 is 22.8 Å². The van der Waals surface area contributed by atoms with E-state index in [1.165, 1.54) is 0 Å². The molecule has 2 aromatic carbocycles. The summed E-state index contributed by atoms with van der Waals surface area (Å²) >= 11 is 0. The molecule has 3 aromatic rings. The Bertz CT molecular complexity index is 962. The minimum Gasteiger partial charge on any atom is -0.481 e. The quantitative estimate of drug-likeness (QED) is 0.636. The van der Waals surface area contributed by atoms with Crippen molar-refractivity contribution in [1.82, 2.24) is 15.5 Å². The van der Waals surface area contributed by atoms with Crippen LogP contribution in [0.25, 0.3) is 10.9 Å². The van der Waals surface area contributed by atoms with Gasteiger partial charge in [0, 0.05) is 11.9 Å². The lowest BCUT2D eigenvalue weighted by molar-refractivity contribution is -0.141. The Labute approximate surface area is 151 Å². The van der Waals surface area contributed by atoms with E-state index in [-0.39, 0.29) is 12.5 Å². The molecule has 0 aliphatic carbocycles. The van der Waals surface area contributed by atoms with Crippen molar-refractivity contribution in [3.8, 4) is 0 Å². The van der Waals surface area contributed by atoms with Crippen LogP contribution in [0.1, 0.15) is 27.0 Å². The summed E-state index contributed by atoms with van der Waals surface area (Å²) in [5.74, 6) is -1.93. The second kappa shape index (κ2) is 7.39. The van der Waals surface area contributed by atoms with E-state index in [0.29, 0.717) is 17.5 Å². The Morgan fingerprint density at radius 3 is 2.73 bits per heavy atom. The molecule has 3 N–H and O–H groups in total. The molecular formula is C20H21N3O3. The Hall–Kier alpha value is -3.15. The molecule has 0 radical (unpaired) electrons. The van der Waals surface area contributed by atoms with Crippen molar-refractivity contribution in [3.63, 3.8) is 0 Å². The predicted molar refractivity (Wildman–Crippen MR) is 99.2 cm³/mol. The number of aromatic nitrogens is 2. The number of nitrogens with zero attached hydrogens (tertiary/aromatic N) is 1. The van der Waals surface area contributed by atoms with Gasteiger partial charge in [-0.25, -0.2) is 0 Å². The SMILES string of the molecule is Cc1cccc(CC(CNC(=O)c2cc(C)cc3cn[nH]c23)C(=O)O)c1. The fraction of sp³-hybridized carbons (Fsp3) is 0.250. The first-order valence-corrected chi connectivity index (χ1v) is 8.44. The van der Waals surface area contributed by atoms with Gasteiger partial charge < -0.3 is 10.4 Å². The van der Waals surface area contributed by atoms with E-state index in [0.717, 1.165) is 22.1 Å². The third-order valence-electron chi connectivity index (χ3n) is 4.36. The number of nitrogens with one attached hydrogen (secondary N) is 2. The Morgan fingerprint density at radius 2 is 2.00 bits per heavy atom. The average Bonchev–Trinajstić information content (AvgIpc) is 3.05. The molecule has 1 aromatic heterocycles. The molecule has 0 spiro atoms. The maximum Gasteiger partial charge on any atom is 0.308 e. The summed E-state index contributed by atoms with van der Waals surface area (Å²) in [5, 5.41) is 19.9. The minimum atomic E-state index is -0.928. The average molecular weight is 351 g/mol. The van der Waals surface area contributed by atoms with Crippen LogP contribution in [0.3, 0.4) is 0 Å². The molecular weight excluding hydrogens is 330 g/mol. The van der Waals surface area contributed by atoms with Crippen molar-refractivity contribution < 1.29 is 14.7 Å². The van der Waals surface area contributed by atoms with Gasteiger partial charge in [-0.3, -0.25) is 14.7 Å². The van der Waals surface area contributed by atoms with Gasteiger partial charge >= 0.3 is 5.97 Å². The minimum absolute atomic E-state index is 0.0612. The third kappa shape index (κ3) is 3.91. The van der Waals surface area contributed by atoms with Crippen LogP contribution in [0.15, 0.2) is 42.6 Å². The number of carbonyl (C=O) groups excluding carboxylic acids is 1. The topological polar surface area (TPSA) is 95.1 Å². The Morgan fingerprint density at radius 1 is 1.19 bits per heavy atom. The van der Waals surface area contributed by atoms with E-state index in [9.17, 15) is 14.7 Å². The van der Waals surface area contributed by atoms with Crippen molar-refractivity contribution in [3.05, 3.63) is 64.8 Å². The number of carbonyl (C=O) groups is 2. The normalized spacial score (nSPS) is 12.1. The molecule has 6 nitrogen and oxygen atoms in total. The predicted octanol–water partition coefficient (Wildman–Crippen LogP) is 2.85. The lowest BCUT2D eigenvalue weighted by atomic mass is 9.98. The van der Waals surface area contributed by atoms with Crippen molar-refractivity contribution in [2.45, 2.75) is 20.3 Å². The molecule has 0 fully saturated rings. The van der Waals surface area contributed by atoms with Gasteiger partial charge in [0.25, 0.3) is 5.91 Å². The van der Waals surface area contributed by atoms with Crippen molar-refractivity contribution in [1.29, 1.82) is 0 Å². The highest BCUT2D eigenvalue weighted by Gasteiger charge is 2.20. The van der Waals surface area contributed by atoms with Gasteiger partial charge in [0.05, 0.1) is 23.2 Å². The monoisotopic (exact) mass is 351 g/mol. The largest absolute Gasteiger partial charge is 0.481 e. The van der Waals surface area contributed by atoms with Crippen LogP contribution in [0, 0.1) is 19.8 Å². The number of benzene rings is 2. The summed E-state index contributed by atoms with van der Waals surface area (Å²) in [6.45, 7) is 3.93. The summed E-state index contributed by atoms with van der Waals surface area (Å²) in [6, 6.07) is 11.4. The second-order valence-corrected chi connectivity index (χ2v) is 6.59. The molecule has 0 saturated carbocycles. The Kier molecular flexibility index (Phi) is 5.02. The van der Waals surface area contributed by atoms with E-state index in [2.05, 4.69) is 15.5 Å². The zero-order valence-electron chi connectivity index (χ0n) is 14.7. The van der Waals surface area contributed by atoms with E-state index < -0.39 is 11.9 Å². The second-order valence-electron chi connectivity index (χ2n) is 6.59. The van der Waals surface area contributed by atoms with Crippen LogP contribution in [0.5, 0.6) is 0 Å². The van der Waals surface area contributed by atoms with Crippen molar-refractivity contribution in [2.75, 3.05) is 6.54 Å². The molecule has 134 valence electrons. The number of H-pyrrole nitrogens is 1. The maximum atomic E-state index is 12.6. The molecule has 0 aliphatic heterocycles. The Balaban J connectivity index is 1.73. The molecule has 0 bridgehead atoms. The van der Waals surface area contributed by atoms with Crippen LogP contribution in [0.4, 0.5) is 0 Å². The summed E-state index contributed by atoms with van der Waals surface area (Å²) in [5.41, 5.74) is 4.09. The fourth-order valence-corrected chi connectivity index (χ4v) is 3.07. The number of fused-ring (bicyclic) bond motifs is 1. The van der Waals surface area contributed by atoms with E-state index in [1.54, 1.807) is 12.3 Å². The van der Waals surface area contributed by atoms with Gasteiger partial charge in [0.2, 0.25) is 0 Å². The molecule has 1 unspecified atom stereocenters. The molecule has 1 amide bonds. The first-order valence-electron chi connectivity index (χ1n) is 8.44. The highest BCUT2D eigenvalue weighted by Crippen LogP contribution is 2.19. The molecule has 3 rings (SSSR count). The van der Waals surface area contributed by atoms with E-state index >= 15 is 0 Å². The number of carboxylic acid groups (broad SMARTS) is 1. The standard InChI is InChI=1S/C20H21N3O3/c1-12-4-3-5-14(6-12)9-16(20(25)26)10-21-19(24)17-8-13(2)7-15-11-22-23-18(15)17/h3-8,11,16H,9-10H2,1-2H3,(H,21,24)(H,22,23)(H,25,26). The van der Waals surface area contributed by atoms with Gasteiger partial charge in [-0.2, -0.15) is 5.10 Å². The van der Waals surface area contributed by atoms with Gasteiger partial charge in [0.1, 0.15) is 0 Å². The molecule has 0 saturated heterocycles. The lowest BCUT2D eigenvalue weighted by Crippen LogP contribution is -2.34.